The summed E-state index contributed by atoms with van der Waals surface area (Å²) < 4.78 is 0. The summed E-state index contributed by atoms with van der Waals surface area (Å²) in [6.45, 7) is 4.02. The van der Waals surface area contributed by atoms with Crippen molar-refractivity contribution in [2.45, 2.75) is 12.5 Å². The number of hydrogen-bond acceptors (Lipinski definition) is 4. The quantitative estimate of drug-likeness (QED) is 0.369. The molecular weight excluding hydrogens is 266 g/mol. The van der Waals surface area contributed by atoms with Gasteiger partial charge in [0.1, 0.15) is 5.75 Å². The molecule has 0 bridgehead atoms. The molecule has 1 aromatic carbocycles. The van der Waals surface area contributed by atoms with Crippen molar-refractivity contribution in [1.29, 1.82) is 0 Å². The number of hydrazine groups is 1. The molecule has 0 spiro atoms. The van der Waals surface area contributed by atoms with Crippen molar-refractivity contribution >= 4 is 12.0 Å². The van der Waals surface area contributed by atoms with Gasteiger partial charge in [-0.05, 0) is 29.7 Å². The van der Waals surface area contributed by atoms with Gasteiger partial charge in [0.15, 0.2) is 0 Å². The number of rotatable bonds is 6. The predicted octanol–water partition coefficient (Wildman–Crippen LogP) is 2.26. The number of para-hydroxylation sites is 1. The van der Waals surface area contributed by atoms with Crippen molar-refractivity contribution in [2.75, 3.05) is 0 Å². The number of pyridine rings is 1. The summed E-state index contributed by atoms with van der Waals surface area (Å²) in [6.07, 6.45) is 4.32. The molecule has 0 radical (unpaired) electrons. The van der Waals surface area contributed by atoms with E-state index in [9.17, 15) is 9.90 Å². The number of hydrogen-bond donors (Lipinski definition) is 2. The van der Waals surface area contributed by atoms with E-state index in [4.69, 9.17) is 5.84 Å². The predicted molar refractivity (Wildman–Crippen MR) is 80.8 cm³/mol. The Hall–Kier alpha value is -2.66. The summed E-state index contributed by atoms with van der Waals surface area (Å²) >= 11 is 0. The van der Waals surface area contributed by atoms with Gasteiger partial charge in [-0.2, -0.15) is 0 Å². The van der Waals surface area contributed by atoms with Crippen LogP contribution in [0, 0.1) is 0 Å². The van der Waals surface area contributed by atoms with Crippen molar-refractivity contribution in [2.24, 2.45) is 5.84 Å². The van der Waals surface area contributed by atoms with E-state index >= 15 is 0 Å². The zero-order chi connectivity index (χ0) is 15.2. The molecule has 1 atom stereocenters. The molecule has 0 fully saturated rings. The number of phenolic OH excluding ortho intramolecular Hbond substituents is 1. The first-order valence-corrected chi connectivity index (χ1v) is 6.48. The van der Waals surface area contributed by atoms with Crippen LogP contribution in [0.5, 0.6) is 5.75 Å². The third kappa shape index (κ3) is 3.46. The van der Waals surface area contributed by atoms with E-state index in [0.29, 0.717) is 18.4 Å². The SMILES string of the molecule is C=C(CC(c1ccccc1O)N(N)C=O)c1cccnc1. The zero-order valence-electron chi connectivity index (χ0n) is 11.5. The Morgan fingerprint density at radius 1 is 1.38 bits per heavy atom. The van der Waals surface area contributed by atoms with Gasteiger partial charge in [0.05, 0.1) is 6.04 Å². The smallest absolute Gasteiger partial charge is 0.224 e. The summed E-state index contributed by atoms with van der Waals surface area (Å²) in [5.74, 6) is 5.84. The lowest BCUT2D eigenvalue weighted by Gasteiger charge is -2.25. The molecule has 2 rings (SSSR count). The molecule has 3 N–H and O–H groups in total. The van der Waals surface area contributed by atoms with Gasteiger partial charge < -0.3 is 5.11 Å². The van der Waals surface area contributed by atoms with Crippen LogP contribution in [0.3, 0.4) is 0 Å². The number of carbonyl (C=O) groups is 1. The third-order valence-corrected chi connectivity index (χ3v) is 3.29. The van der Waals surface area contributed by atoms with Crippen LogP contribution >= 0.6 is 0 Å². The first-order chi connectivity index (χ1) is 10.1. The minimum Gasteiger partial charge on any atom is -0.508 e. The molecule has 1 heterocycles. The highest BCUT2D eigenvalue weighted by Crippen LogP contribution is 2.33. The Kier molecular flexibility index (Phi) is 4.68. The van der Waals surface area contributed by atoms with Crippen LogP contribution in [0.15, 0.2) is 55.4 Å². The van der Waals surface area contributed by atoms with Crippen molar-refractivity contribution in [3.63, 3.8) is 0 Å². The second kappa shape index (κ2) is 6.67. The first-order valence-electron chi connectivity index (χ1n) is 6.48. The van der Waals surface area contributed by atoms with Crippen molar-refractivity contribution < 1.29 is 9.90 Å². The van der Waals surface area contributed by atoms with Gasteiger partial charge in [-0.15, -0.1) is 0 Å². The second-order valence-corrected chi connectivity index (χ2v) is 4.68. The van der Waals surface area contributed by atoms with Crippen LogP contribution in [-0.4, -0.2) is 21.5 Å². The Balaban J connectivity index is 2.28. The van der Waals surface area contributed by atoms with Crippen LogP contribution in [-0.2, 0) is 4.79 Å². The third-order valence-electron chi connectivity index (χ3n) is 3.29. The monoisotopic (exact) mass is 283 g/mol. The van der Waals surface area contributed by atoms with E-state index < -0.39 is 6.04 Å². The molecule has 0 aliphatic rings. The maximum absolute atomic E-state index is 11.0. The number of amides is 1. The van der Waals surface area contributed by atoms with Crippen molar-refractivity contribution in [1.82, 2.24) is 9.99 Å². The Labute approximate surface area is 123 Å². The Morgan fingerprint density at radius 2 is 2.14 bits per heavy atom. The average Bonchev–Trinajstić information content (AvgIpc) is 2.53. The van der Waals surface area contributed by atoms with Gasteiger partial charge in [0.2, 0.25) is 6.41 Å². The van der Waals surface area contributed by atoms with E-state index in [1.807, 2.05) is 12.1 Å². The molecule has 5 heteroatoms. The number of aromatic nitrogens is 1. The van der Waals surface area contributed by atoms with Crippen LogP contribution in [0.4, 0.5) is 0 Å². The van der Waals surface area contributed by atoms with E-state index in [0.717, 1.165) is 16.1 Å². The van der Waals surface area contributed by atoms with Gasteiger partial charge in [0, 0.05) is 18.0 Å². The maximum atomic E-state index is 11.0. The summed E-state index contributed by atoms with van der Waals surface area (Å²) in [7, 11) is 0. The summed E-state index contributed by atoms with van der Waals surface area (Å²) in [5.41, 5.74) is 2.24. The zero-order valence-corrected chi connectivity index (χ0v) is 11.5. The second-order valence-electron chi connectivity index (χ2n) is 4.68. The van der Waals surface area contributed by atoms with Crippen LogP contribution in [0.2, 0.25) is 0 Å². The summed E-state index contributed by atoms with van der Waals surface area (Å²) in [5, 5.41) is 11.0. The molecule has 0 aliphatic heterocycles. The van der Waals surface area contributed by atoms with Gasteiger partial charge >= 0.3 is 0 Å². The van der Waals surface area contributed by atoms with E-state index in [-0.39, 0.29) is 5.75 Å². The minimum atomic E-state index is -0.489. The van der Waals surface area contributed by atoms with E-state index in [1.54, 1.807) is 36.7 Å². The highest BCUT2D eigenvalue weighted by Gasteiger charge is 2.21. The molecule has 108 valence electrons. The molecule has 0 saturated carbocycles. The Bertz CT molecular complexity index is 628. The molecule has 1 unspecified atom stereocenters. The van der Waals surface area contributed by atoms with E-state index in [1.165, 1.54) is 0 Å². The number of carbonyl (C=O) groups excluding carboxylic acids is 1. The number of benzene rings is 1. The van der Waals surface area contributed by atoms with Crippen LogP contribution in [0.1, 0.15) is 23.6 Å². The summed E-state index contributed by atoms with van der Waals surface area (Å²) in [4.78, 5) is 15.1. The highest BCUT2D eigenvalue weighted by molar-refractivity contribution is 5.64. The molecule has 5 nitrogen and oxygen atoms in total. The average molecular weight is 283 g/mol. The highest BCUT2D eigenvalue weighted by atomic mass is 16.3. The number of nitrogens with two attached hydrogens (primary N) is 1. The Morgan fingerprint density at radius 3 is 2.76 bits per heavy atom. The van der Waals surface area contributed by atoms with Crippen molar-refractivity contribution in [3.05, 3.63) is 66.5 Å². The van der Waals surface area contributed by atoms with E-state index in [2.05, 4.69) is 11.6 Å². The number of aromatic hydroxyl groups is 1. The van der Waals surface area contributed by atoms with Gasteiger partial charge in [-0.1, -0.05) is 30.8 Å². The number of phenols is 1. The normalized spacial score (nSPS) is 11.7. The lowest BCUT2D eigenvalue weighted by atomic mass is 9.95. The van der Waals surface area contributed by atoms with Crippen molar-refractivity contribution in [3.8, 4) is 5.75 Å². The fourth-order valence-electron chi connectivity index (χ4n) is 2.14. The fraction of sp³-hybridized carbons (Fsp3) is 0.125. The van der Waals surface area contributed by atoms with Crippen LogP contribution < -0.4 is 5.84 Å². The lowest BCUT2D eigenvalue weighted by Crippen LogP contribution is -2.34. The first kappa shape index (κ1) is 14.7. The molecule has 0 aliphatic carbocycles. The molecule has 0 saturated heterocycles. The number of nitrogens with zero attached hydrogens (tertiary/aromatic N) is 2. The lowest BCUT2D eigenvalue weighted by molar-refractivity contribution is -0.120. The van der Waals surface area contributed by atoms with Gasteiger partial charge in [0.25, 0.3) is 0 Å². The van der Waals surface area contributed by atoms with Gasteiger partial charge in [-0.25, -0.2) is 5.84 Å². The minimum absolute atomic E-state index is 0.0961. The maximum Gasteiger partial charge on any atom is 0.224 e. The van der Waals surface area contributed by atoms with Gasteiger partial charge in [-0.3, -0.25) is 14.8 Å². The fourth-order valence-corrected chi connectivity index (χ4v) is 2.14. The molecular formula is C16H17N3O2. The molecule has 1 aromatic heterocycles. The topological polar surface area (TPSA) is 79.5 Å². The van der Waals surface area contributed by atoms with Crippen LogP contribution in [0.25, 0.3) is 5.57 Å². The molecule has 2 aromatic rings. The molecule has 21 heavy (non-hydrogen) atoms. The standard InChI is InChI=1S/C16H17N3O2/c1-12(13-5-4-8-18-10-13)9-15(19(17)11-20)14-6-2-3-7-16(14)21/h2-8,10-11,15,21H,1,9,17H2. The largest absolute Gasteiger partial charge is 0.508 e. The molecule has 1 amide bonds. The summed E-state index contributed by atoms with van der Waals surface area (Å²) in [6, 6.07) is 10.0.